The van der Waals surface area contributed by atoms with Gasteiger partial charge in [0.15, 0.2) is 0 Å². The molecule has 4 saturated heterocycles. The summed E-state index contributed by atoms with van der Waals surface area (Å²) in [7, 11) is 10.6. The predicted molar refractivity (Wildman–Crippen MR) is 437 cm³/mol. The lowest BCUT2D eigenvalue weighted by Crippen LogP contribution is -2.47. The second-order valence-corrected chi connectivity index (χ2v) is 28.1. The molecule has 0 bridgehead atoms. The van der Waals surface area contributed by atoms with Crippen LogP contribution in [0.4, 0.5) is 29.1 Å². The number of aromatic carboxylic acids is 1. The molecule has 0 spiro atoms. The molecule has 10 aromatic rings. The summed E-state index contributed by atoms with van der Waals surface area (Å²) >= 11 is 11.9. The molecule has 5 aromatic carbocycles. The Balaban J connectivity index is 0.000000152. The number of fused-ring (bicyclic) bond motifs is 5. The van der Waals surface area contributed by atoms with Crippen LogP contribution < -0.4 is 25.3 Å². The number of rotatable bonds is 13. The van der Waals surface area contributed by atoms with Crippen molar-refractivity contribution >= 4 is 58.3 Å². The number of halogens is 2. The number of carboxylic acids is 1. The van der Waals surface area contributed by atoms with Crippen LogP contribution in [0, 0.1) is 22.7 Å². The second kappa shape index (κ2) is 41.7. The summed E-state index contributed by atoms with van der Waals surface area (Å²) in [6, 6.07) is 73.7. The number of likely N-dealkylation sites (N-methyl/N-ethyl adjacent to an activating group) is 5. The lowest BCUT2D eigenvalue weighted by atomic mass is 9.96. The lowest BCUT2D eigenvalue weighted by molar-refractivity contribution is 0.0696. The standard InChI is InChI=1S/C17H18N4.C17H19N3O2.C17H21N3O.C17H19N3.C11H15Cl2N.C6H5N3.CH4/c1-20-10-11-21(17-15(12-18)8-5-9-19-17)16(13-20)14-6-3-2-4-7-14;1-19-10-11-20(15(12-19)13-6-3-2-4-7-13)16-14(17(21)22)8-5-9-18-16;1-19-10-11-20(17-15(13-21)8-5-9-18-17)16(12-19)14-6-3-2-4-7-14;1-19-9-10-20-16(12-19)15-7-3-2-5-13(15)11-14-6-4-8-18-17(14)20;1-14(8-7-12)9-11(13)10-5-3-2-4-6-10;7-4-5-2-1-3-9-6(5)8;/h2-9,16H,10-11,13H2,1H3;2-9,15H,10-12H2,1H3,(H,21,22);2-9,16,21H,10-13H2,1H3;2-8,16H,9-12H2,1H3;2-6,11H,7-9H2,1H3;1-3H,(H2,8,9);1H4. The molecule has 562 valence electrons. The van der Waals surface area contributed by atoms with Crippen molar-refractivity contribution in [1.82, 2.24) is 49.4 Å². The van der Waals surface area contributed by atoms with Gasteiger partial charge in [0.2, 0.25) is 0 Å². The fraction of sp³-hybridized carbons (Fsp3) is 0.326. The molecule has 5 aromatic heterocycles. The topological polar surface area (TPSA) is 225 Å². The average molecular weight is 1490 g/mol. The molecule has 4 N–H and O–H groups in total. The fourth-order valence-electron chi connectivity index (χ4n) is 14.0. The number of aliphatic hydroxyl groups excluding tert-OH is 1. The van der Waals surface area contributed by atoms with Gasteiger partial charge in [-0.3, -0.25) is 0 Å². The Labute approximate surface area is 648 Å². The lowest BCUT2D eigenvalue weighted by Gasteiger charge is -2.41. The van der Waals surface area contributed by atoms with E-state index >= 15 is 0 Å². The van der Waals surface area contributed by atoms with Gasteiger partial charge in [0.05, 0.1) is 47.3 Å². The largest absolute Gasteiger partial charge is 0.478 e. The molecule has 22 heteroatoms. The monoisotopic (exact) mass is 1490 g/mol. The highest BCUT2D eigenvalue weighted by Gasteiger charge is 2.35. The molecular weight excluding hydrogens is 1390 g/mol. The number of alkyl halides is 2. The van der Waals surface area contributed by atoms with E-state index in [4.69, 9.17) is 34.2 Å². The fourth-order valence-corrected chi connectivity index (χ4v) is 14.7. The number of hydrogen-bond acceptors (Lipinski definition) is 19. The summed E-state index contributed by atoms with van der Waals surface area (Å²) in [5.41, 5.74) is 16.7. The number of nitrogens with two attached hydrogens (primary N) is 1. The zero-order valence-electron chi connectivity index (χ0n) is 61.7. The van der Waals surface area contributed by atoms with Crippen LogP contribution in [0.25, 0.3) is 0 Å². The normalized spacial score (nSPS) is 17.9. The summed E-state index contributed by atoms with van der Waals surface area (Å²) in [5.74, 6) is 3.44. The number of hydrogen-bond donors (Lipinski definition) is 3. The Morgan fingerprint density at radius 2 is 0.898 bits per heavy atom. The molecular formula is C86H101Cl2N17O3. The zero-order valence-corrected chi connectivity index (χ0v) is 63.2. The van der Waals surface area contributed by atoms with Crippen molar-refractivity contribution in [3.63, 3.8) is 0 Å². The molecule has 5 aliphatic rings. The third-order valence-corrected chi connectivity index (χ3v) is 20.2. The van der Waals surface area contributed by atoms with Gasteiger partial charge >= 0.3 is 5.97 Å². The molecule has 5 aliphatic heterocycles. The third-order valence-electron chi connectivity index (χ3n) is 19.7. The van der Waals surface area contributed by atoms with Gasteiger partial charge in [-0.1, -0.05) is 165 Å². The highest BCUT2D eigenvalue weighted by molar-refractivity contribution is 6.21. The first kappa shape index (κ1) is 81.7. The Bertz CT molecular complexity index is 4470. The average Bonchev–Trinajstić information content (AvgIpc) is 1.52. The minimum absolute atomic E-state index is 0. The first-order valence-corrected chi connectivity index (χ1v) is 37.2. The number of nitrogens with zero attached hydrogens (tertiary/aromatic N) is 16. The maximum Gasteiger partial charge on any atom is 0.339 e. The van der Waals surface area contributed by atoms with E-state index in [1.54, 1.807) is 49.1 Å². The molecule has 5 unspecified atom stereocenters. The summed E-state index contributed by atoms with van der Waals surface area (Å²) in [6.07, 6.45) is 9.68. The summed E-state index contributed by atoms with van der Waals surface area (Å²) < 4.78 is 0. The molecule has 5 atom stereocenters. The van der Waals surface area contributed by atoms with Crippen molar-refractivity contribution in [1.29, 1.82) is 10.5 Å². The minimum atomic E-state index is -0.936. The van der Waals surface area contributed by atoms with Crippen molar-refractivity contribution in [2.75, 3.05) is 158 Å². The number of pyridine rings is 5. The van der Waals surface area contributed by atoms with Gasteiger partial charge in [0.25, 0.3) is 0 Å². The molecule has 20 nitrogen and oxygen atoms in total. The molecule has 0 amide bonds. The van der Waals surface area contributed by atoms with Crippen molar-refractivity contribution in [2.45, 2.75) is 50.0 Å². The SMILES string of the molecule is C.CN(CCCl)CC(Cl)c1ccccc1.CN1CCN(c2ncccc2C#N)C(c2ccccc2)C1.CN1CCN(c2ncccc2C(=O)O)C(c2ccccc2)C1.CN1CCN(c2ncccc2CO)C(c2ccccc2)C1.CN1CCN2c3ncccc3Cc3ccccc3C2C1.N#Cc1cccnc1N. The molecule has 0 aliphatic carbocycles. The van der Waals surface area contributed by atoms with Gasteiger partial charge in [-0.25, -0.2) is 29.7 Å². The van der Waals surface area contributed by atoms with Crippen LogP contribution in [-0.4, -0.2) is 198 Å². The number of aromatic nitrogens is 5. The van der Waals surface area contributed by atoms with E-state index in [-0.39, 0.29) is 43.1 Å². The minimum Gasteiger partial charge on any atom is -0.478 e. The summed E-state index contributed by atoms with van der Waals surface area (Å²) in [5, 5.41) is 36.7. The number of carboxylic acid groups (broad SMARTS) is 1. The molecule has 15 rings (SSSR count). The van der Waals surface area contributed by atoms with Crippen molar-refractivity contribution in [3.05, 3.63) is 298 Å². The van der Waals surface area contributed by atoms with E-state index < -0.39 is 5.97 Å². The number of aliphatic hydroxyl groups is 1. The van der Waals surface area contributed by atoms with Gasteiger partial charge < -0.3 is 60.0 Å². The number of benzene rings is 5. The van der Waals surface area contributed by atoms with E-state index in [2.05, 4.69) is 200 Å². The smallest absolute Gasteiger partial charge is 0.339 e. The van der Waals surface area contributed by atoms with Crippen molar-refractivity contribution < 1.29 is 15.0 Å². The molecule has 4 fully saturated rings. The van der Waals surface area contributed by atoms with E-state index in [1.807, 2.05) is 104 Å². The van der Waals surface area contributed by atoms with E-state index in [0.29, 0.717) is 34.7 Å². The Morgan fingerprint density at radius 1 is 0.500 bits per heavy atom. The molecule has 0 saturated carbocycles. The summed E-state index contributed by atoms with van der Waals surface area (Å²) in [4.78, 5) is 53.9. The maximum absolute atomic E-state index is 11.5. The Morgan fingerprint density at radius 3 is 1.39 bits per heavy atom. The van der Waals surface area contributed by atoms with Crippen molar-refractivity contribution in [2.24, 2.45) is 0 Å². The number of piperazine rings is 4. The highest BCUT2D eigenvalue weighted by atomic mass is 35.5. The number of carbonyl (C=O) groups is 1. The van der Waals surface area contributed by atoms with Crippen LogP contribution in [0.1, 0.15) is 103 Å². The van der Waals surface area contributed by atoms with E-state index in [9.17, 15) is 20.3 Å². The number of nitriles is 2. The van der Waals surface area contributed by atoms with Gasteiger partial charge in [0.1, 0.15) is 46.8 Å². The highest BCUT2D eigenvalue weighted by Crippen LogP contribution is 2.39. The third kappa shape index (κ3) is 22.2. The van der Waals surface area contributed by atoms with Crippen LogP contribution in [-0.2, 0) is 13.0 Å². The maximum atomic E-state index is 11.5. The van der Waals surface area contributed by atoms with Crippen LogP contribution in [0.2, 0.25) is 0 Å². The number of anilines is 5. The molecule has 108 heavy (non-hydrogen) atoms. The van der Waals surface area contributed by atoms with Gasteiger partial charge in [-0.05, 0) is 123 Å². The van der Waals surface area contributed by atoms with E-state index in [0.717, 1.165) is 121 Å². The Hall–Kier alpha value is -10.4. The zero-order chi connectivity index (χ0) is 75.4. The summed E-state index contributed by atoms with van der Waals surface area (Å²) in [6.45, 7) is 13.1. The molecule has 0 radical (unpaired) electrons. The van der Waals surface area contributed by atoms with Crippen LogP contribution >= 0.6 is 23.2 Å². The number of nitrogen functional groups attached to an aromatic ring is 1. The van der Waals surface area contributed by atoms with Crippen LogP contribution in [0.3, 0.4) is 0 Å². The first-order valence-electron chi connectivity index (χ1n) is 36.3. The quantitative estimate of drug-likeness (QED) is 0.0912. The van der Waals surface area contributed by atoms with Gasteiger partial charge in [-0.2, -0.15) is 10.5 Å². The van der Waals surface area contributed by atoms with Crippen LogP contribution in [0.5, 0.6) is 0 Å². The Kier molecular flexibility index (Phi) is 31.5. The predicted octanol–water partition coefficient (Wildman–Crippen LogP) is 13.6. The van der Waals surface area contributed by atoms with Crippen molar-refractivity contribution in [3.8, 4) is 12.1 Å². The van der Waals surface area contributed by atoms with Gasteiger partial charge in [-0.15, -0.1) is 23.2 Å². The first-order chi connectivity index (χ1) is 52.2. The second-order valence-electron chi connectivity index (χ2n) is 27.2. The molecule has 10 heterocycles. The van der Waals surface area contributed by atoms with Gasteiger partial charge in [0, 0.05) is 140 Å². The van der Waals surface area contributed by atoms with Crippen LogP contribution in [0.15, 0.2) is 237 Å². The van der Waals surface area contributed by atoms with E-state index in [1.165, 1.54) is 39.2 Å².